The number of benzene rings is 1. The van der Waals surface area contributed by atoms with E-state index in [1.54, 1.807) is 6.07 Å². The summed E-state index contributed by atoms with van der Waals surface area (Å²) in [7, 11) is 0. The van der Waals surface area contributed by atoms with Crippen LogP contribution in [0.4, 0.5) is 0 Å². The lowest BCUT2D eigenvalue weighted by Crippen LogP contribution is -2.51. The lowest BCUT2D eigenvalue weighted by atomic mass is 9.53. The second kappa shape index (κ2) is 4.15. The van der Waals surface area contributed by atoms with Crippen LogP contribution in [0.3, 0.4) is 0 Å². The Kier molecular flexibility index (Phi) is 2.41. The van der Waals surface area contributed by atoms with E-state index in [4.69, 9.17) is 0 Å². The summed E-state index contributed by atoms with van der Waals surface area (Å²) in [5, 5.41) is 11.4. The number of hydrogen-bond acceptors (Lipinski definition) is 1. The smallest absolute Gasteiger partial charge is 0.335 e. The Morgan fingerprint density at radius 3 is 2.18 bits per heavy atom. The quantitative estimate of drug-likeness (QED) is 0.899. The zero-order valence-electron chi connectivity index (χ0n) is 12.7. The number of carbonyl (C=O) groups is 1. The van der Waals surface area contributed by atoms with Gasteiger partial charge >= 0.3 is 5.97 Å². The van der Waals surface area contributed by atoms with Crippen LogP contribution in [-0.4, -0.2) is 15.6 Å². The van der Waals surface area contributed by atoms with Gasteiger partial charge in [-0.3, -0.25) is 0 Å². The molecule has 0 spiro atoms. The third-order valence-corrected chi connectivity index (χ3v) is 6.44. The molecule has 4 aliphatic carbocycles. The van der Waals surface area contributed by atoms with E-state index in [2.05, 4.69) is 17.0 Å². The zero-order chi connectivity index (χ0) is 14.9. The van der Waals surface area contributed by atoms with Crippen LogP contribution in [0.25, 0.3) is 10.8 Å². The van der Waals surface area contributed by atoms with E-state index in [1.165, 1.54) is 43.9 Å². The van der Waals surface area contributed by atoms with E-state index in [9.17, 15) is 9.90 Å². The molecule has 0 atom stereocenters. The molecule has 0 radical (unpaired) electrons. The first-order valence-corrected chi connectivity index (χ1v) is 8.47. The Bertz CT molecular complexity index is 738. The standard InChI is InChI=1S/C19H21NO2/c21-18(22)15-1-2-16-10-20(11-17(16)6-15)19-7-12-3-13(8-19)5-14(4-12)9-19/h1-2,6,10-14H,3-5,7-9H2,(H,21,22). The Morgan fingerprint density at radius 2 is 1.59 bits per heavy atom. The summed E-state index contributed by atoms with van der Waals surface area (Å²) >= 11 is 0. The molecule has 4 aliphatic rings. The Morgan fingerprint density at radius 1 is 1.00 bits per heavy atom. The predicted molar refractivity (Wildman–Crippen MR) is 85.0 cm³/mol. The monoisotopic (exact) mass is 295 g/mol. The highest BCUT2D eigenvalue weighted by atomic mass is 16.4. The molecule has 0 amide bonds. The average molecular weight is 295 g/mol. The minimum absolute atomic E-state index is 0.317. The van der Waals surface area contributed by atoms with Gasteiger partial charge in [-0.25, -0.2) is 4.79 Å². The fraction of sp³-hybridized carbons (Fsp3) is 0.526. The average Bonchev–Trinajstić information content (AvgIpc) is 2.89. The van der Waals surface area contributed by atoms with Gasteiger partial charge in [-0.15, -0.1) is 0 Å². The molecule has 0 saturated heterocycles. The van der Waals surface area contributed by atoms with E-state index in [1.807, 2.05) is 12.1 Å². The van der Waals surface area contributed by atoms with Crippen molar-refractivity contribution in [3.05, 3.63) is 36.2 Å². The number of rotatable bonds is 2. The topological polar surface area (TPSA) is 42.2 Å². The highest BCUT2D eigenvalue weighted by molar-refractivity contribution is 5.94. The van der Waals surface area contributed by atoms with E-state index in [0.717, 1.165) is 23.1 Å². The Labute approximate surface area is 129 Å². The van der Waals surface area contributed by atoms with Crippen LogP contribution in [0.15, 0.2) is 30.6 Å². The number of fused-ring (bicyclic) bond motifs is 1. The second-order valence-corrected chi connectivity index (χ2v) is 7.96. The van der Waals surface area contributed by atoms with Gasteiger partial charge in [-0.05, 0) is 73.8 Å². The molecule has 2 aromatic rings. The highest BCUT2D eigenvalue weighted by Crippen LogP contribution is 2.59. The first-order chi connectivity index (χ1) is 10.6. The van der Waals surface area contributed by atoms with Crippen molar-refractivity contribution in [3.8, 4) is 0 Å². The Balaban J connectivity index is 1.60. The summed E-state index contributed by atoms with van der Waals surface area (Å²) in [6.07, 6.45) is 12.8. The summed E-state index contributed by atoms with van der Waals surface area (Å²) in [5.41, 5.74) is 0.702. The number of nitrogens with zero attached hydrogens (tertiary/aromatic N) is 1. The number of hydrogen-bond donors (Lipinski definition) is 1. The van der Waals surface area contributed by atoms with Crippen LogP contribution in [-0.2, 0) is 5.54 Å². The van der Waals surface area contributed by atoms with Crippen molar-refractivity contribution in [2.24, 2.45) is 17.8 Å². The molecular formula is C19H21NO2. The van der Waals surface area contributed by atoms with Gasteiger partial charge in [0.15, 0.2) is 0 Å². The number of carboxylic acids is 1. The van der Waals surface area contributed by atoms with Gasteiger partial charge in [-0.1, -0.05) is 6.07 Å². The second-order valence-electron chi connectivity index (χ2n) is 7.96. The lowest BCUT2D eigenvalue weighted by molar-refractivity contribution is -0.0427. The maximum absolute atomic E-state index is 11.2. The van der Waals surface area contributed by atoms with Crippen molar-refractivity contribution in [2.45, 2.75) is 44.1 Å². The van der Waals surface area contributed by atoms with Gasteiger partial charge in [-0.2, -0.15) is 0 Å². The van der Waals surface area contributed by atoms with Crippen LogP contribution in [0.1, 0.15) is 48.9 Å². The van der Waals surface area contributed by atoms with Crippen LogP contribution in [0.2, 0.25) is 0 Å². The van der Waals surface area contributed by atoms with Gasteiger partial charge in [0, 0.05) is 23.3 Å². The maximum Gasteiger partial charge on any atom is 0.335 e. The van der Waals surface area contributed by atoms with E-state index in [-0.39, 0.29) is 0 Å². The molecule has 0 unspecified atom stereocenters. The third kappa shape index (κ3) is 1.71. The highest BCUT2D eigenvalue weighted by Gasteiger charge is 2.51. The van der Waals surface area contributed by atoms with Crippen LogP contribution in [0.5, 0.6) is 0 Å². The van der Waals surface area contributed by atoms with Gasteiger partial charge in [0.1, 0.15) is 0 Å². The Hall–Kier alpha value is -1.77. The summed E-state index contributed by atoms with van der Waals surface area (Å²) < 4.78 is 2.45. The molecule has 3 nitrogen and oxygen atoms in total. The van der Waals surface area contributed by atoms with Crippen LogP contribution in [0, 0.1) is 17.8 Å². The molecule has 1 aromatic carbocycles. The van der Waals surface area contributed by atoms with Crippen molar-refractivity contribution < 1.29 is 9.90 Å². The minimum atomic E-state index is -0.843. The van der Waals surface area contributed by atoms with E-state index < -0.39 is 5.97 Å². The molecule has 4 saturated carbocycles. The molecule has 1 heterocycles. The van der Waals surface area contributed by atoms with Gasteiger partial charge < -0.3 is 9.67 Å². The molecule has 0 aliphatic heterocycles. The predicted octanol–water partition coefficient (Wildman–Crippen LogP) is 4.26. The molecule has 1 aromatic heterocycles. The van der Waals surface area contributed by atoms with Gasteiger partial charge in [0.05, 0.1) is 5.56 Å². The van der Waals surface area contributed by atoms with Crippen molar-refractivity contribution in [1.82, 2.24) is 4.57 Å². The van der Waals surface area contributed by atoms with E-state index >= 15 is 0 Å². The fourth-order valence-corrected chi connectivity index (χ4v) is 5.93. The normalized spacial score (nSPS) is 36.1. The number of carboxylic acid groups (broad SMARTS) is 1. The number of aromatic nitrogens is 1. The molecule has 114 valence electrons. The molecule has 6 rings (SSSR count). The summed E-state index contributed by atoms with van der Waals surface area (Å²) in [5.74, 6) is 1.92. The van der Waals surface area contributed by atoms with Crippen molar-refractivity contribution >= 4 is 16.7 Å². The van der Waals surface area contributed by atoms with Crippen LogP contribution < -0.4 is 0 Å². The third-order valence-electron chi connectivity index (χ3n) is 6.44. The molecule has 4 fully saturated rings. The minimum Gasteiger partial charge on any atom is -0.478 e. The van der Waals surface area contributed by atoms with E-state index in [0.29, 0.717) is 11.1 Å². The largest absolute Gasteiger partial charge is 0.478 e. The lowest BCUT2D eigenvalue weighted by Gasteiger charge is -2.57. The fourth-order valence-electron chi connectivity index (χ4n) is 5.93. The maximum atomic E-state index is 11.2. The first kappa shape index (κ1) is 12.7. The molecule has 4 bridgehead atoms. The SMILES string of the molecule is O=C(O)c1ccc2cn(C34CC5CC(CC(C5)C3)C4)cc2c1. The molecule has 22 heavy (non-hydrogen) atoms. The summed E-state index contributed by atoms with van der Waals surface area (Å²) in [6.45, 7) is 0. The first-order valence-electron chi connectivity index (χ1n) is 8.47. The summed E-state index contributed by atoms with van der Waals surface area (Å²) in [4.78, 5) is 11.2. The van der Waals surface area contributed by atoms with Crippen molar-refractivity contribution in [2.75, 3.05) is 0 Å². The molecule has 3 heteroatoms. The number of aromatic carboxylic acids is 1. The molecular weight excluding hydrogens is 274 g/mol. The van der Waals surface area contributed by atoms with Crippen molar-refractivity contribution in [1.29, 1.82) is 0 Å². The van der Waals surface area contributed by atoms with Crippen LogP contribution >= 0.6 is 0 Å². The van der Waals surface area contributed by atoms with Gasteiger partial charge in [0.25, 0.3) is 0 Å². The zero-order valence-corrected chi connectivity index (χ0v) is 12.7. The molecule has 1 N–H and O–H groups in total. The van der Waals surface area contributed by atoms with Crippen molar-refractivity contribution in [3.63, 3.8) is 0 Å². The summed E-state index contributed by atoms with van der Waals surface area (Å²) in [6, 6.07) is 5.49. The van der Waals surface area contributed by atoms with Gasteiger partial charge in [0.2, 0.25) is 0 Å².